The Labute approximate surface area is 215 Å². The van der Waals surface area contributed by atoms with E-state index in [-0.39, 0.29) is 18.0 Å². The van der Waals surface area contributed by atoms with Crippen molar-refractivity contribution >= 4 is 58.3 Å². The standard InChI is InChI=1S/C22H23N7O7S/c23-29-28-15-7-5-14(6-8-15)25-22(37)24-13-3-1-12(2-4-13)11-17(20(34)35)27-21(36)26-16(19(32)33)9-10-18(30)31/h1-8,16-17H,9-11H2,(H,30,31)(H,32,33)(H,34,35)(H2,24,25,37)(H2,26,27,36)/t16-,17-/m0/s1. The Bertz CT molecular complexity index is 1200. The molecule has 2 amide bonds. The van der Waals surface area contributed by atoms with Gasteiger partial charge >= 0.3 is 23.9 Å². The summed E-state index contributed by atoms with van der Waals surface area (Å²) >= 11 is 5.26. The fourth-order valence-corrected chi connectivity index (χ4v) is 3.24. The molecule has 37 heavy (non-hydrogen) atoms. The molecule has 0 unspecified atom stereocenters. The third-order valence-electron chi connectivity index (χ3n) is 4.79. The van der Waals surface area contributed by atoms with Crippen molar-refractivity contribution in [3.8, 4) is 0 Å². The number of rotatable bonds is 12. The summed E-state index contributed by atoms with van der Waals surface area (Å²) in [7, 11) is 0. The quantitative estimate of drug-likeness (QED) is 0.0920. The lowest BCUT2D eigenvalue weighted by Gasteiger charge is -2.18. The van der Waals surface area contributed by atoms with Gasteiger partial charge in [-0.25, -0.2) is 14.4 Å². The van der Waals surface area contributed by atoms with Crippen LogP contribution in [-0.4, -0.2) is 56.5 Å². The van der Waals surface area contributed by atoms with Crippen LogP contribution < -0.4 is 21.3 Å². The first-order chi connectivity index (χ1) is 17.6. The highest BCUT2D eigenvalue weighted by atomic mass is 32.1. The van der Waals surface area contributed by atoms with Gasteiger partial charge in [0.25, 0.3) is 0 Å². The van der Waals surface area contributed by atoms with E-state index >= 15 is 0 Å². The lowest BCUT2D eigenvalue weighted by molar-refractivity contribution is -0.140. The molecule has 194 valence electrons. The maximum atomic E-state index is 12.1. The number of urea groups is 1. The van der Waals surface area contributed by atoms with Gasteiger partial charge in [0.2, 0.25) is 0 Å². The Morgan fingerprint density at radius 1 is 0.865 bits per heavy atom. The predicted molar refractivity (Wildman–Crippen MR) is 137 cm³/mol. The molecular formula is C22H23N7O7S. The van der Waals surface area contributed by atoms with Crippen molar-refractivity contribution in [2.75, 3.05) is 10.6 Å². The molecule has 2 aromatic carbocycles. The second-order valence-electron chi connectivity index (χ2n) is 7.55. The summed E-state index contributed by atoms with van der Waals surface area (Å²) in [4.78, 5) is 48.3. The van der Waals surface area contributed by atoms with Crippen LogP contribution in [0, 0.1) is 0 Å². The Morgan fingerprint density at radius 2 is 1.38 bits per heavy atom. The Hall–Kier alpha value is -4.88. The molecule has 2 aromatic rings. The molecule has 0 heterocycles. The van der Waals surface area contributed by atoms with Crippen molar-refractivity contribution in [3.05, 3.63) is 64.5 Å². The third kappa shape index (κ3) is 10.1. The molecule has 0 saturated carbocycles. The summed E-state index contributed by atoms with van der Waals surface area (Å²) < 4.78 is 0. The van der Waals surface area contributed by atoms with E-state index in [1.165, 1.54) is 0 Å². The number of carbonyl (C=O) groups excluding carboxylic acids is 1. The summed E-state index contributed by atoms with van der Waals surface area (Å²) in [5, 5.41) is 41.2. The number of anilines is 2. The molecule has 0 aliphatic heterocycles. The largest absolute Gasteiger partial charge is 0.481 e. The molecule has 15 heteroatoms. The van der Waals surface area contributed by atoms with Gasteiger partial charge in [0.1, 0.15) is 12.1 Å². The Kier molecular flexibility index (Phi) is 10.6. The van der Waals surface area contributed by atoms with Crippen LogP contribution >= 0.6 is 12.2 Å². The fourth-order valence-electron chi connectivity index (χ4n) is 3.00. The highest BCUT2D eigenvalue weighted by Gasteiger charge is 2.25. The number of benzene rings is 2. The Morgan fingerprint density at radius 3 is 1.86 bits per heavy atom. The minimum Gasteiger partial charge on any atom is -0.481 e. The number of nitrogens with zero attached hydrogens (tertiary/aromatic N) is 3. The van der Waals surface area contributed by atoms with Gasteiger partial charge in [-0.15, -0.1) is 0 Å². The highest BCUT2D eigenvalue weighted by molar-refractivity contribution is 7.80. The minimum atomic E-state index is -1.49. The number of hydrogen-bond donors (Lipinski definition) is 7. The number of nitrogens with one attached hydrogen (secondary N) is 4. The smallest absolute Gasteiger partial charge is 0.326 e. The molecule has 0 fully saturated rings. The van der Waals surface area contributed by atoms with Crippen molar-refractivity contribution in [1.82, 2.24) is 10.6 Å². The van der Waals surface area contributed by atoms with Crippen molar-refractivity contribution in [2.24, 2.45) is 5.11 Å². The first-order valence-electron chi connectivity index (χ1n) is 10.6. The second kappa shape index (κ2) is 13.9. The van der Waals surface area contributed by atoms with Crippen LogP contribution in [0.2, 0.25) is 0 Å². The van der Waals surface area contributed by atoms with Gasteiger partial charge in [0.05, 0.1) is 0 Å². The van der Waals surface area contributed by atoms with Crippen LogP contribution in [0.1, 0.15) is 18.4 Å². The topological polar surface area (TPSA) is 226 Å². The molecule has 0 aliphatic rings. The van der Waals surface area contributed by atoms with Crippen LogP contribution in [0.5, 0.6) is 0 Å². The van der Waals surface area contributed by atoms with Crippen LogP contribution in [0.3, 0.4) is 0 Å². The molecule has 0 bridgehead atoms. The zero-order valence-corrected chi connectivity index (χ0v) is 19.9. The zero-order chi connectivity index (χ0) is 27.4. The number of aliphatic carboxylic acids is 3. The van der Waals surface area contributed by atoms with Crippen LogP contribution in [-0.2, 0) is 20.8 Å². The Balaban J connectivity index is 1.93. The first kappa shape index (κ1) is 28.4. The first-order valence-corrected chi connectivity index (χ1v) is 11.0. The maximum Gasteiger partial charge on any atom is 0.326 e. The second-order valence-corrected chi connectivity index (χ2v) is 7.96. The molecule has 2 rings (SSSR count). The van der Waals surface area contributed by atoms with Crippen molar-refractivity contribution < 1.29 is 34.5 Å². The summed E-state index contributed by atoms with van der Waals surface area (Å²) in [6, 6.07) is 9.24. The predicted octanol–water partition coefficient (Wildman–Crippen LogP) is 3.05. The average molecular weight is 530 g/mol. The molecule has 7 N–H and O–H groups in total. The number of hydrogen-bond acceptors (Lipinski definition) is 6. The highest BCUT2D eigenvalue weighted by Crippen LogP contribution is 2.17. The molecule has 14 nitrogen and oxygen atoms in total. The zero-order valence-electron chi connectivity index (χ0n) is 19.1. The fraction of sp³-hybridized carbons (Fsp3) is 0.227. The molecule has 0 radical (unpaired) electrons. The van der Waals surface area contributed by atoms with Crippen molar-refractivity contribution in [3.63, 3.8) is 0 Å². The lowest BCUT2D eigenvalue weighted by Crippen LogP contribution is -2.51. The van der Waals surface area contributed by atoms with E-state index in [2.05, 4.69) is 31.3 Å². The van der Waals surface area contributed by atoms with Gasteiger partial charge in [-0.1, -0.05) is 29.4 Å². The summed E-state index contributed by atoms with van der Waals surface area (Å²) in [5.74, 6) is -4.01. The van der Waals surface area contributed by atoms with Crippen molar-refractivity contribution in [2.45, 2.75) is 31.3 Å². The molecule has 0 aliphatic carbocycles. The van der Waals surface area contributed by atoms with Gasteiger partial charge in [-0.3, -0.25) is 4.79 Å². The van der Waals surface area contributed by atoms with E-state index in [4.69, 9.17) is 28.0 Å². The van der Waals surface area contributed by atoms with E-state index in [1.807, 2.05) is 0 Å². The summed E-state index contributed by atoms with van der Waals surface area (Å²) in [6.07, 6.45) is -0.944. The molecule has 2 atom stereocenters. The van der Waals surface area contributed by atoms with Crippen LogP contribution in [0.15, 0.2) is 53.6 Å². The molecule has 0 spiro atoms. The van der Waals surface area contributed by atoms with Crippen LogP contribution in [0.4, 0.5) is 21.9 Å². The number of azide groups is 1. The van der Waals surface area contributed by atoms with Gasteiger partial charge in [-0.05, 0) is 54.0 Å². The van der Waals surface area contributed by atoms with Gasteiger partial charge in [-0.2, -0.15) is 0 Å². The van der Waals surface area contributed by atoms with E-state index < -0.39 is 42.4 Å². The summed E-state index contributed by atoms with van der Waals surface area (Å²) in [5.41, 5.74) is 10.7. The number of thiocarbonyl (C=S) groups is 1. The van der Waals surface area contributed by atoms with E-state index in [0.717, 1.165) is 0 Å². The minimum absolute atomic E-state index is 0.101. The SMILES string of the molecule is [N-]=[N+]=Nc1ccc(NC(=S)Nc2ccc(C[C@H](NC(=O)N[C@@H](CCC(=O)O)C(=O)O)C(=O)O)cc2)cc1. The number of carbonyl (C=O) groups is 4. The maximum absolute atomic E-state index is 12.1. The van der Waals surface area contributed by atoms with Crippen molar-refractivity contribution in [1.29, 1.82) is 0 Å². The third-order valence-corrected chi connectivity index (χ3v) is 4.99. The number of carboxylic acids is 3. The number of carboxylic acid groups (broad SMARTS) is 3. The monoisotopic (exact) mass is 529 g/mol. The lowest BCUT2D eigenvalue weighted by atomic mass is 10.1. The molecule has 0 saturated heterocycles. The molecule has 0 aromatic heterocycles. The number of amides is 2. The van der Waals surface area contributed by atoms with Gasteiger partial charge in [0, 0.05) is 34.8 Å². The van der Waals surface area contributed by atoms with Gasteiger partial charge in [0.15, 0.2) is 5.11 Å². The molecular weight excluding hydrogens is 506 g/mol. The van der Waals surface area contributed by atoms with Gasteiger partial charge < -0.3 is 36.6 Å². The van der Waals surface area contributed by atoms with E-state index in [9.17, 15) is 24.3 Å². The summed E-state index contributed by atoms with van der Waals surface area (Å²) in [6.45, 7) is 0. The average Bonchev–Trinajstić information content (AvgIpc) is 2.83. The van der Waals surface area contributed by atoms with E-state index in [1.54, 1.807) is 48.5 Å². The van der Waals surface area contributed by atoms with E-state index in [0.29, 0.717) is 22.6 Å². The normalized spacial score (nSPS) is 11.7. The van der Waals surface area contributed by atoms with Crippen LogP contribution in [0.25, 0.3) is 10.4 Å².